The van der Waals surface area contributed by atoms with Crippen LogP contribution in [0.3, 0.4) is 0 Å². The van der Waals surface area contributed by atoms with Gasteiger partial charge in [-0.25, -0.2) is 8.42 Å². The predicted octanol–water partition coefficient (Wildman–Crippen LogP) is 2.58. The Kier molecular flexibility index (Phi) is 3.57. The maximum atomic E-state index is 12.4. The van der Waals surface area contributed by atoms with Crippen LogP contribution in [0.25, 0.3) is 0 Å². The molecule has 2 aromatic rings. The second-order valence-corrected chi connectivity index (χ2v) is 8.10. The van der Waals surface area contributed by atoms with E-state index in [-0.39, 0.29) is 15.8 Å². The molecule has 1 aliphatic rings. The molecule has 3 rings (SSSR count). The van der Waals surface area contributed by atoms with Gasteiger partial charge in [-0.15, -0.1) is 11.3 Å². The van der Waals surface area contributed by atoms with Crippen molar-refractivity contribution in [1.29, 1.82) is 0 Å². The van der Waals surface area contributed by atoms with E-state index in [0.717, 1.165) is 4.88 Å². The first-order valence-electron chi connectivity index (χ1n) is 6.56. The number of rotatable bonds is 3. The summed E-state index contributed by atoms with van der Waals surface area (Å²) in [6.45, 7) is 3.47. The first-order valence-corrected chi connectivity index (χ1v) is 8.86. The normalized spacial score (nSPS) is 17.4. The van der Waals surface area contributed by atoms with Crippen LogP contribution in [-0.4, -0.2) is 20.4 Å². The number of hydrogen-bond donors (Lipinski definition) is 2. The number of hydrogen-bond acceptors (Lipinski definition) is 5. The lowest BCUT2D eigenvalue weighted by Gasteiger charge is -2.25. The molecule has 22 heavy (non-hydrogen) atoms. The van der Waals surface area contributed by atoms with Crippen LogP contribution in [-0.2, 0) is 14.8 Å². The number of sulfonamides is 1. The molecular weight excluding hydrogens is 324 g/mol. The number of carbonyl (C=O) groups excluding carboxylic acids is 1. The second kappa shape index (κ2) is 5.29. The number of anilines is 2. The molecule has 1 amide bonds. The zero-order valence-electron chi connectivity index (χ0n) is 11.9. The molecule has 0 bridgehead atoms. The van der Waals surface area contributed by atoms with Crippen molar-refractivity contribution in [3.63, 3.8) is 0 Å². The van der Waals surface area contributed by atoms with Crippen molar-refractivity contribution in [2.75, 3.05) is 10.0 Å². The highest BCUT2D eigenvalue weighted by molar-refractivity contribution is 7.94. The van der Waals surface area contributed by atoms with Crippen molar-refractivity contribution in [1.82, 2.24) is 0 Å². The lowest BCUT2D eigenvalue weighted by atomic mass is 10.2. The summed E-state index contributed by atoms with van der Waals surface area (Å²) in [5, 5.41) is 2.67. The summed E-state index contributed by atoms with van der Waals surface area (Å²) in [5.74, 6) is 0.126. The smallest absolute Gasteiger partial charge is 0.271 e. The number of ether oxygens (including phenoxy) is 1. The fourth-order valence-electron chi connectivity index (χ4n) is 2.06. The monoisotopic (exact) mass is 338 g/mol. The summed E-state index contributed by atoms with van der Waals surface area (Å²) in [5.41, 5.74) is 0.617. The number of thiophene rings is 1. The Morgan fingerprint density at radius 3 is 2.73 bits per heavy atom. The maximum Gasteiger partial charge on any atom is 0.271 e. The quantitative estimate of drug-likeness (QED) is 0.901. The van der Waals surface area contributed by atoms with Gasteiger partial charge in [0.05, 0.1) is 5.69 Å². The second-order valence-electron chi connectivity index (χ2n) is 4.90. The SMILES string of the molecule is Cc1ccc(S(=O)(=O)Nc2cccc3c2NC(=O)C(C)O3)s1. The number of para-hydroxylation sites is 1. The number of nitrogens with one attached hydrogen (secondary N) is 2. The van der Waals surface area contributed by atoms with Crippen LogP contribution >= 0.6 is 11.3 Å². The Morgan fingerprint density at radius 2 is 2.05 bits per heavy atom. The Labute approximate surface area is 132 Å². The van der Waals surface area contributed by atoms with Gasteiger partial charge in [0.2, 0.25) is 0 Å². The van der Waals surface area contributed by atoms with E-state index in [1.165, 1.54) is 11.3 Å². The minimum Gasteiger partial charge on any atom is -0.479 e. The fourth-order valence-corrected chi connectivity index (χ4v) is 4.42. The third kappa shape index (κ3) is 2.67. The van der Waals surface area contributed by atoms with E-state index in [0.29, 0.717) is 11.4 Å². The van der Waals surface area contributed by atoms with Crippen LogP contribution in [0.15, 0.2) is 34.5 Å². The third-order valence-electron chi connectivity index (χ3n) is 3.17. The molecule has 0 radical (unpaired) electrons. The fraction of sp³-hybridized carbons (Fsp3) is 0.214. The summed E-state index contributed by atoms with van der Waals surface area (Å²) in [7, 11) is -3.70. The lowest BCUT2D eigenvalue weighted by Crippen LogP contribution is -2.34. The number of amides is 1. The van der Waals surface area contributed by atoms with E-state index in [2.05, 4.69) is 10.0 Å². The van der Waals surface area contributed by atoms with E-state index in [4.69, 9.17) is 4.74 Å². The number of aryl methyl sites for hydroxylation is 1. The van der Waals surface area contributed by atoms with Crippen LogP contribution in [0.1, 0.15) is 11.8 Å². The van der Waals surface area contributed by atoms with Crippen molar-refractivity contribution in [2.45, 2.75) is 24.2 Å². The van der Waals surface area contributed by atoms with Crippen molar-refractivity contribution in [3.8, 4) is 5.75 Å². The van der Waals surface area contributed by atoms with Gasteiger partial charge in [-0.2, -0.15) is 0 Å². The van der Waals surface area contributed by atoms with Gasteiger partial charge in [0.15, 0.2) is 6.10 Å². The lowest BCUT2D eigenvalue weighted by molar-refractivity contribution is -0.122. The number of carbonyl (C=O) groups is 1. The van der Waals surface area contributed by atoms with Crippen LogP contribution in [0, 0.1) is 6.92 Å². The Balaban J connectivity index is 1.97. The minimum atomic E-state index is -3.70. The average molecular weight is 338 g/mol. The maximum absolute atomic E-state index is 12.4. The van der Waals surface area contributed by atoms with Crippen molar-refractivity contribution < 1.29 is 17.9 Å². The molecule has 0 spiro atoms. The molecule has 116 valence electrons. The molecule has 6 nitrogen and oxygen atoms in total. The third-order valence-corrected chi connectivity index (χ3v) is 6.03. The largest absolute Gasteiger partial charge is 0.479 e. The minimum absolute atomic E-state index is 0.221. The highest BCUT2D eigenvalue weighted by Crippen LogP contribution is 2.37. The molecule has 0 aliphatic carbocycles. The van der Waals surface area contributed by atoms with Crippen LogP contribution in [0.5, 0.6) is 5.75 Å². The van der Waals surface area contributed by atoms with Crippen molar-refractivity contribution in [2.24, 2.45) is 0 Å². The van der Waals surface area contributed by atoms with E-state index in [9.17, 15) is 13.2 Å². The van der Waals surface area contributed by atoms with E-state index in [1.807, 2.05) is 6.92 Å². The molecule has 1 unspecified atom stereocenters. The number of fused-ring (bicyclic) bond motifs is 1. The highest BCUT2D eigenvalue weighted by Gasteiger charge is 2.27. The van der Waals surface area contributed by atoms with Crippen molar-refractivity contribution in [3.05, 3.63) is 35.2 Å². The molecule has 1 aromatic heterocycles. The Morgan fingerprint density at radius 1 is 1.27 bits per heavy atom. The molecule has 2 N–H and O–H groups in total. The van der Waals surface area contributed by atoms with E-state index >= 15 is 0 Å². The topological polar surface area (TPSA) is 84.5 Å². The molecule has 0 fully saturated rings. The molecular formula is C14H14N2O4S2. The van der Waals surface area contributed by atoms with Crippen LogP contribution in [0.4, 0.5) is 11.4 Å². The van der Waals surface area contributed by atoms with Crippen molar-refractivity contribution >= 4 is 38.6 Å². The zero-order chi connectivity index (χ0) is 15.9. The van der Waals surface area contributed by atoms with Crippen LogP contribution in [0.2, 0.25) is 0 Å². The zero-order valence-corrected chi connectivity index (χ0v) is 13.5. The first-order chi connectivity index (χ1) is 10.4. The summed E-state index contributed by atoms with van der Waals surface area (Å²) < 4.78 is 33.0. The Hall–Kier alpha value is -2.06. The molecule has 0 saturated carbocycles. The van der Waals surface area contributed by atoms with Gasteiger partial charge in [-0.1, -0.05) is 6.07 Å². The molecule has 0 saturated heterocycles. The van der Waals surface area contributed by atoms with Crippen LogP contribution < -0.4 is 14.8 Å². The average Bonchev–Trinajstić information content (AvgIpc) is 2.88. The molecule has 2 heterocycles. The van der Waals surface area contributed by atoms with Gasteiger partial charge in [-0.3, -0.25) is 9.52 Å². The highest BCUT2D eigenvalue weighted by atomic mass is 32.2. The summed E-state index contributed by atoms with van der Waals surface area (Å²) >= 11 is 1.18. The Bertz CT molecular complexity index is 842. The van der Waals surface area contributed by atoms with Gasteiger partial charge in [0, 0.05) is 4.88 Å². The standard InChI is InChI=1S/C14H14N2O4S2/c1-8-6-7-12(21-8)22(18,19)16-10-4-3-5-11-13(10)15-14(17)9(2)20-11/h3-7,9,16H,1-2H3,(H,15,17). The van der Waals surface area contributed by atoms with E-state index < -0.39 is 16.1 Å². The van der Waals surface area contributed by atoms with E-state index in [1.54, 1.807) is 37.3 Å². The number of benzene rings is 1. The summed E-state index contributed by atoms with van der Waals surface area (Å²) in [4.78, 5) is 12.6. The van der Waals surface area contributed by atoms with Gasteiger partial charge >= 0.3 is 0 Å². The molecule has 8 heteroatoms. The summed E-state index contributed by atoms with van der Waals surface area (Å²) in [6.07, 6.45) is -0.612. The van der Waals surface area contributed by atoms with Gasteiger partial charge in [0.25, 0.3) is 15.9 Å². The van der Waals surface area contributed by atoms with Gasteiger partial charge < -0.3 is 10.1 Å². The molecule has 1 atom stereocenters. The molecule has 1 aromatic carbocycles. The first kappa shape index (κ1) is 14.9. The van der Waals surface area contributed by atoms with Gasteiger partial charge in [-0.05, 0) is 38.1 Å². The summed E-state index contributed by atoms with van der Waals surface area (Å²) in [6, 6.07) is 8.22. The van der Waals surface area contributed by atoms with Gasteiger partial charge in [0.1, 0.15) is 15.6 Å². The molecule has 1 aliphatic heterocycles. The predicted molar refractivity (Wildman–Crippen MR) is 85.0 cm³/mol.